The van der Waals surface area contributed by atoms with Gasteiger partial charge in [0.25, 0.3) is 5.91 Å². The van der Waals surface area contributed by atoms with Crippen LogP contribution >= 0.6 is 11.8 Å². The van der Waals surface area contributed by atoms with Gasteiger partial charge < -0.3 is 15.0 Å². The fourth-order valence-electron chi connectivity index (χ4n) is 3.04. The summed E-state index contributed by atoms with van der Waals surface area (Å²) < 4.78 is 31.7. The summed E-state index contributed by atoms with van der Waals surface area (Å²) in [4.78, 5) is 27.3. The van der Waals surface area contributed by atoms with Crippen LogP contribution in [0.15, 0.2) is 29.3 Å². The summed E-state index contributed by atoms with van der Waals surface area (Å²) >= 11 is 1.72. The number of H-pyrrole nitrogens is 1. The average molecular weight is 438 g/mol. The quantitative estimate of drug-likeness (QED) is 0.696. The highest BCUT2D eigenvalue weighted by Gasteiger charge is 2.28. The third-order valence-corrected chi connectivity index (χ3v) is 7.66. The van der Waals surface area contributed by atoms with Gasteiger partial charge in [0.05, 0.1) is 12.7 Å². The zero-order chi connectivity index (χ0) is 21.2. The van der Waals surface area contributed by atoms with Gasteiger partial charge in [-0.25, -0.2) is 13.2 Å². The molecule has 1 saturated heterocycles. The normalized spacial score (nSPS) is 15.1. The summed E-state index contributed by atoms with van der Waals surface area (Å²) in [5.41, 5.74) is 2.49. The number of hydrogen-bond acceptors (Lipinski definition) is 6. The summed E-state index contributed by atoms with van der Waals surface area (Å²) in [6, 6.07) is 4.61. The number of anilines is 1. The van der Waals surface area contributed by atoms with E-state index in [-0.39, 0.29) is 10.6 Å². The Morgan fingerprint density at radius 2 is 1.86 bits per heavy atom. The highest BCUT2D eigenvalue weighted by atomic mass is 32.2. The summed E-state index contributed by atoms with van der Waals surface area (Å²) in [7, 11) is -2.34. The first-order chi connectivity index (χ1) is 13.7. The van der Waals surface area contributed by atoms with Crippen molar-refractivity contribution in [2.24, 2.45) is 0 Å². The number of thioether (sulfide) groups is 1. The Hall–Kier alpha value is -2.30. The number of rotatable bonds is 5. The van der Waals surface area contributed by atoms with Crippen molar-refractivity contribution in [3.05, 3.63) is 46.8 Å². The topological polar surface area (TPSA) is 109 Å². The van der Waals surface area contributed by atoms with Crippen molar-refractivity contribution in [1.29, 1.82) is 0 Å². The lowest BCUT2D eigenvalue weighted by Gasteiger charge is -2.24. The molecule has 2 aromatic rings. The van der Waals surface area contributed by atoms with Crippen LogP contribution in [0.2, 0.25) is 0 Å². The number of aromatic amines is 1. The van der Waals surface area contributed by atoms with E-state index in [1.165, 1.54) is 29.7 Å². The number of benzene rings is 1. The largest absolute Gasteiger partial charge is 0.465 e. The minimum absolute atomic E-state index is 0.0601. The third kappa shape index (κ3) is 4.49. The van der Waals surface area contributed by atoms with Crippen LogP contribution in [-0.2, 0) is 14.8 Å². The van der Waals surface area contributed by atoms with Crippen molar-refractivity contribution in [2.75, 3.05) is 37.0 Å². The molecule has 0 saturated carbocycles. The monoisotopic (exact) mass is 437 g/mol. The molecule has 1 amide bonds. The Balaban J connectivity index is 1.81. The van der Waals surface area contributed by atoms with Crippen LogP contribution < -0.4 is 5.32 Å². The standard InChI is InChI=1S/C19H23N3O5S2/c1-12-8-14(9-16(13(12)2)19(24)27-3)21-18(23)17-10-15(11-20-17)29(25,26)22-4-6-28-7-5-22/h8-11,20H,4-7H2,1-3H3,(H,21,23). The highest BCUT2D eigenvalue weighted by molar-refractivity contribution is 7.99. The van der Waals surface area contributed by atoms with Gasteiger partial charge in [0.15, 0.2) is 0 Å². The predicted molar refractivity (Wildman–Crippen MR) is 112 cm³/mol. The maximum Gasteiger partial charge on any atom is 0.338 e. The molecule has 1 aliphatic rings. The van der Waals surface area contributed by atoms with E-state index in [0.717, 1.165) is 22.6 Å². The Labute approximate surface area is 174 Å². The molecule has 0 spiro atoms. The summed E-state index contributed by atoms with van der Waals surface area (Å²) in [5.74, 6) is 0.521. The molecule has 8 nitrogen and oxygen atoms in total. The molecule has 0 unspecified atom stereocenters. The van der Waals surface area contributed by atoms with Crippen molar-refractivity contribution >= 4 is 39.3 Å². The van der Waals surface area contributed by atoms with Crippen LogP contribution in [0.3, 0.4) is 0 Å². The zero-order valence-electron chi connectivity index (χ0n) is 16.4. The van der Waals surface area contributed by atoms with E-state index in [1.54, 1.807) is 24.8 Å². The number of nitrogens with zero attached hydrogens (tertiary/aromatic N) is 1. The van der Waals surface area contributed by atoms with E-state index in [4.69, 9.17) is 4.74 Å². The molecule has 3 rings (SSSR count). The van der Waals surface area contributed by atoms with Gasteiger partial charge in [-0.05, 0) is 43.2 Å². The van der Waals surface area contributed by atoms with E-state index in [0.29, 0.717) is 24.3 Å². The van der Waals surface area contributed by atoms with Crippen LogP contribution in [0.5, 0.6) is 0 Å². The number of methoxy groups -OCH3 is 1. The van der Waals surface area contributed by atoms with Crippen molar-refractivity contribution in [1.82, 2.24) is 9.29 Å². The van der Waals surface area contributed by atoms with Gasteiger partial charge in [0, 0.05) is 36.5 Å². The van der Waals surface area contributed by atoms with Gasteiger partial charge in [-0.2, -0.15) is 16.1 Å². The molecule has 0 atom stereocenters. The van der Waals surface area contributed by atoms with Crippen LogP contribution in [-0.4, -0.2) is 61.3 Å². The number of carbonyl (C=O) groups excluding carboxylic acids is 2. The number of hydrogen-bond donors (Lipinski definition) is 2. The molecule has 1 aliphatic heterocycles. The molecule has 0 bridgehead atoms. The molecule has 10 heteroatoms. The number of esters is 1. The van der Waals surface area contributed by atoms with Crippen LogP contribution in [0.4, 0.5) is 5.69 Å². The Kier molecular flexibility index (Phi) is 6.35. The minimum Gasteiger partial charge on any atom is -0.465 e. The van der Waals surface area contributed by atoms with E-state index >= 15 is 0 Å². The van der Waals surface area contributed by atoms with Gasteiger partial charge in [0.1, 0.15) is 10.6 Å². The summed E-state index contributed by atoms with van der Waals surface area (Å²) in [6.45, 7) is 4.54. The van der Waals surface area contributed by atoms with E-state index < -0.39 is 21.9 Å². The molecule has 1 aromatic carbocycles. The molecule has 1 aromatic heterocycles. The van der Waals surface area contributed by atoms with E-state index in [1.807, 2.05) is 6.92 Å². The second-order valence-electron chi connectivity index (χ2n) is 6.68. The lowest BCUT2D eigenvalue weighted by Crippen LogP contribution is -2.37. The second-order valence-corrected chi connectivity index (χ2v) is 9.84. The van der Waals surface area contributed by atoms with Crippen LogP contribution in [0.1, 0.15) is 32.0 Å². The van der Waals surface area contributed by atoms with Crippen LogP contribution in [0.25, 0.3) is 0 Å². The second kappa shape index (κ2) is 8.60. The maximum atomic E-state index is 12.7. The average Bonchev–Trinajstić information content (AvgIpc) is 3.22. The highest BCUT2D eigenvalue weighted by Crippen LogP contribution is 2.23. The number of aromatic nitrogens is 1. The number of carbonyl (C=O) groups is 2. The Bertz CT molecular complexity index is 1040. The third-order valence-electron chi connectivity index (χ3n) is 4.84. The van der Waals surface area contributed by atoms with E-state index in [9.17, 15) is 18.0 Å². The van der Waals surface area contributed by atoms with Gasteiger partial charge >= 0.3 is 5.97 Å². The smallest absolute Gasteiger partial charge is 0.338 e. The SMILES string of the molecule is COC(=O)c1cc(NC(=O)c2cc(S(=O)(=O)N3CCSCC3)c[nH]2)cc(C)c1C. The summed E-state index contributed by atoms with van der Waals surface area (Å²) in [6.07, 6.45) is 1.33. The van der Waals surface area contributed by atoms with Crippen molar-refractivity contribution in [2.45, 2.75) is 18.7 Å². The molecule has 156 valence electrons. The van der Waals surface area contributed by atoms with Gasteiger partial charge in [-0.1, -0.05) is 0 Å². The molecule has 2 heterocycles. The fourth-order valence-corrected chi connectivity index (χ4v) is 5.61. The van der Waals surface area contributed by atoms with Gasteiger partial charge in [-0.3, -0.25) is 4.79 Å². The lowest BCUT2D eigenvalue weighted by atomic mass is 10.0. The number of sulfonamides is 1. The molecule has 0 aliphatic carbocycles. The first kappa shape index (κ1) is 21.4. The number of ether oxygens (including phenoxy) is 1. The zero-order valence-corrected chi connectivity index (χ0v) is 18.1. The first-order valence-corrected chi connectivity index (χ1v) is 11.6. The van der Waals surface area contributed by atoms with Crippen molar-refractivity contribution < 1.29 is 22.7 Å². The molecule has 0 radical (unpaired) electrons. The van der Waals surface area contributed by atoms with Crippen molar-refractivity contribution in [3.63, 3.8) is 0 Å². The van der Waals surface area contributed by atoms with Gasteiger partial charge in [0.2, 0.25) is 10.0 Å². The predicted octanol–water partition coefficient (Wildman–Crippen LogP) is 2.41. The Morgan fingerprint density at radius 3 is 2.52 bits per heavy atom. The molecule has 29 heavy (non-hydrogen) atoms. The molecule has 1 fully saturated rings. The van der Waals surface area contributed by atoms with Crippen LogP contribution in [0, 0.1) is 13.8 Å². The summed E-state index contributed by atoms with van der Waals surface area (Å²) in [5, 5.41) is 2.70. The molecular weight excluding hydrogens is 414 g/mol. The first-order valence-electron chi connectivity index (χ1n) is 9.01. The number of amides is 1. The Morgan fingerprint density at radius 1 is 1.17 bits per heavy atom. The fraction of sp³-hybridized carbons (Fsp3) is 0.368. The lowest BCUT2D eigenvalue weighted by molar-refractivity contribution is 0.0599. The minimum atomic E-state index is -3.63. The number of nitrogens with one attached hydrogen (secondary N) is 2. The maximum absolute atomic E-state index is 12.7. The molecule has 2 N–H and O–H groups in total. The van der Waals surface area contributed by atoms with E-state index in [2.05, 4.69) is 10.3 Å². The molecular formula is C19H23N3O5S2. The van der Waals surface area contributed by atoms with Gasteiger partial charge in [-0.15, -0.1) is 0 Å². The number of aryl methyl sites for hydroxylation is 1. The van der Waals surface area contributed by atoms with Crippen molar-refractivity contribution in [3.8, 4) is 0 Å².